The highest BCUT2D eigenvalue weighted by Crippen LogP contribution is 2.27. The number of hydrogen-bond acceptors (Lipinski definition) is 3. The summed E-state index contributed by atoms with van der Waals surface area (Å²) in [7, 11) is -3.92. The van der Waals surface area contributed by atoms with Crippen molar-refractivity contribution in [3.05, 3.63) is 24.0 Å². The number of benzene rings is 1. The Kier molecular flexibility index (Phi) is 4.65. The van der Waals surface area contributed by atoms with Gasteiger partial charge < -0.3 is 5.73 Å². The van der Waals surface area contributed by atoms with E-state index in [9.17, 15) is 12.8 Å². The molecule has 3 N–H and O–H groups in total. The molecule has 2 rings (SSSR count). The Bertz CT molecular complexity index is 554. The van der Waals surface area contributed by atoms with Crippen molar-refractivity contribution in [3.63, 3.8) is 0 Å². The minimum absolute atomic E-state index is 0.0567. The van der Waals surface area contributed by atoms with E-state index in [1.807, 2.05) is 6.92 Å². The number of nitrogens with one attached hydrogen (secondary N) is 1. The van der Waals surface area contributed by atoms with Crippen LogP contribution in [0.15, 0.2) is 23.1 Å². The molecule has 0 heterocycles. The molecule has 1 saturated carbocycles. The van der Waals surface area contributed by atoms with E-state index in [0.717, 1.165) is 38.2 Å². The summed E-state index contributed by atoms with van der Waals surface area (Å²) in [5.74, 6) is -0.556. The summed E-state index contributed by atoms with van der Waals surface area (Å²) >= 11 is 0. The molecule has 0 spiro atoms. The van der Waals surface area contributed by atoms with Gasteiger partial charge >= 0.3 is 0 Å². The van der Waals surface area contributed by atoms with Gasteiger partial charge in [-0.05, 0) is 30.9 Å². The molecule has 0 amide bonds. The first-order valence-corrected chi connectivity index (χ1v) is 8.46. The highest BCUT2D eigenvalue weighted by atomic mass is 32.2. The van der Waals surface area contributed by atoms with Crippen LogP contribution in [0.25, 0.3) is 0 Å². The van der Waals surface area contributed by atoms with E-state index >= 15 is 0 Å². The maximum Gasteiger partial charge on any atom is 0.245 e. The quantitative estimate of drug-likeness (QED) is 0.666. The van der Waals surface area contributed by atoms with Crippen LogP contribution < -0.4 is 10.5 Å². The van der Waals surface area contributed by atoms with Crippen molar-refractivity contribution in [2.75, 3.05) is 5.73 Å². The van der Waals surface area contributed by atoms with Gasteiger partial charge in [-0.1, -0.05) is 32.3 Å². The third kappa shape index (κ3) is 3.30. The van der Waals surface area contributed by atoms with Gasteiger partial charge in [0.1, 0.15) is 10.7 Å². The zero-order chi connectivity index (χ0) is 14.8. The van der Waals surface area contributed by atoms with Crippen molar-refractivity contribution < 1.29 is 12.8 Å². The van der Waals surface area contributed by atoms with E-state index < -0.39 is 20.7 Å². The first-order chi connectivity index (χ1) is 9.42. The lowest BCUT2D eigenvalue weighted by Gasteiger charge is -2.23. The maximum absolute atomic E-state index is 13.8. The molecule has 1 aliphatic rings. The second-order valence-corrected chi connectivity index (χ2v) is 7.15. The van der Waals surface area contributed by atoms with Gasteiger partial charge in [-0.3, -0.25) is 0 Å². The lowest BCUT2D eigenvalue weighted by molar-refractivity contribution is 0.398. The van der Waals surface area contributed by atoms with Crippen LogP contribution in [0.3, 0.4) is 0 Å². The van der Waals surface area contributed by atoms with E-state index in [2.05, 4.69) is 4.72 Å². The summed E-state index contributed by atoms with van der Waals surface area (Å²) in [5, 5.41) is 0. The first-order valence-electron chi connectivity index (χ1n) is 6.98. The van der Waals surface area contributed by atoms with Gasteiger partial charge in [-0.15, -0.1) is 0 Å². The number of sulfonamides is 1. The summed E-state index contributed by atoms with van der Waals surface area (Å²) in [6, 6.07) is 3.76. The molecule has 2 atom stereocenters. The molecule has 0 bridgehead atoms. The third-order valence-corrected chi connectivity index (χ3v) is 5.52. The van der Waals surface area contributed by atoms with E-state index in [4.69, 9.17) is 5.73 Å². The Hall–Kier alpha value is -1.14. The smallest absolute Gasteiger partial charge is 0.245 e. The molecule has 1 fully saturated rings. The second-order valence-electron chi connectivity index (χ2n) is 5.50. The molecule has 20 heavy (non-hydrogen) atoms. The largest absolute Gasteiger partial charge is 0.398 e. The minimum atomic E-state index is -3.92. The normalized spacial score (nSPS) is 24.3. The van der Waals surface area contributed by atoms with E-state index in [-0.39, 0.29) is 17.6 Å². The van der Waals surface area contributed by atoms with Crippen LogP contribution in [-0.4, -0.2) is 14.5 Å². The fraction of sp³-hybridized carbons (Fsp3) is 0.571. The summed E-state index contributed by atoms with van der Waals surface area (Å²) in [5.41, 5.74) is 5.56. The van der Waals surface area contributed by atoms with E-state index in [1.54, 1.807) is 0 Å². The van der Waals surface area contributed by atoms with Crippen molar-refractivity contribution in [2.24, 2.45) is 5.92 Å². The van der Waals surface area contributed by atoms with Crippen LogP contribution in [0.4, 0.5) is 10.1 Å². The van der Waals surface area contributed by atoms with Gasteiger partial charge in [0.25, 0.3) is 0 Å². The van der Waals surface area contributed by atoms with Crippen LogP contribution in [0.1, 0.15) is 39.0 Å². The molecule has 0 radical (unpaired) electrons. The molecule has 112 valence electrons. The molecule has 4 nitrogen and oxygen atoms in total. The standard InChI is InChI=1S/C14H21FN2O2S/c1-10-6-3-2-4-9-13(10)17-20(18,19)14-11(15)7-5-8-12(14)16/h5,7-8,10,13,17H,2-4,6,9,16H2,1H3. The fourth-order valence-electron chi connectivity index (χ4n) is 2.74. The Morgan fingerprint density at radius 1 is 1.25 bits per heavy atom. The Morgan fingerprint density at radius 3 is 2.65 bits per heavy atom. The van der Waals surface area contributed by atoms with E-state index in [1.165, 1.54) is 12.1 Å². The summed E-state index contributed by atoms with van der Waals surface area (Å²) in [6.07, 6.45) is 4.99. The molecule has 1 aromatic carbocycles. The summed E-state index contributed by atoms with van der Waals surface area (Å²) in [6.45, 7) is 2.03. The first kappa shape index (κ1) is 15.3. The topological polar surface area (TPSA) is 72.2 Å². The molecule has 0 aromatic heterocycles. The second kappa shape index (κ2) is 6.10. The molecule has 0 aliphatic heterocycles. The summed E-state index contributed by atoms with van der Waals surface area (Å²) in [4.78, 5) is -0.434. The average Bonchev–Trinajstić information content (AvgIpc) is 2.54. The number of anilines is 1. The fourth-order valence-corrected chi connectivity index (χ4v) is 4.31. The van der Waals surface area contributed by atoms with Gasteiger partial charge in [-0.25, -0.2) is 17.5 Å². The van der Waals surface area contributed by atoms with Crippen LogP contribution in [-0.2, 0) is 10.0 Å². The number of rotatable bonds is 3. The van der Waals surface area contributed by atoms with Crippen LogP contribution in [0, 0.1) is 11.7 Å². The van der Waals surface area contributed by atoms with Crippen molar-refractivity contribution in [1.29, 1.82) is 0 Å². The molecule has 1 aromatic rings. The lowest BCUT2D eigenvalue weighted by Crippen LogP contribution is -2.39. The van der Waals surface area contributed by atoms with Gasteiger partial charge in [-0.2, -0.15) is 0 Å². The SMILES string of the molecule is CC1CCCCCC1NS(=O)(=O)c1c(N)cccc1F. The zero-order valence-electron chi connectivity index (χ0n) is 11.6. The predicted octanol–water partition coefficient (Wildman–Crippen LogP) is 2.66. The minimum Gasteiger partial charge on any atom is -0.398 e. The maximum atomic E-state index is 13.8. The van der Waals surface area contributed by atoms with Gasteiger partial charge in [0, 0.05) is 6.04 Å². The Morgan fingerprint density at radius 2 is 1.95 bits per heavy atom. The van der Waals surface area contributed by atoms with Gasteiger partial charge in [0.2, 0.25) is 10.0 Å². The molecular formula is C14H21FN2O2S. The number of nitrogen functional groups attached to an aromatic ring is 1. The van der Waals surface area contributed by atoms with Crippen LogP contribution >= 0.6 is 0 Å². The number of nitrogens with two attached hydrogens (primary N) is 1. The molecule has 6 heteroatoms. The average molecular weight is 300 g/mol. The lowest BCUT2D eigenvalue weighted by atomic mass is 9.98. The van der Waals surface area contributed by atoms with Crippen molar-refractivity contribution >= 4 is 15.7 Å². The summed E-state index contributed by atoms with van der Waals surface area (Å²) < 4.78 is 41.2. The molecule has 2 unspecified atom stereocenters. The van der Waals surface area contributed by atoms with Crippen molar-refractivity contribution in [3.8, 4) is 0 Å². The van der Waals surface area contributed by atoms with Crippen molar-refractivity contribution in [2.45, 2.75) is 50.0 Å². The number of halogens is 1. The highest BCUT2D eigenvalue weighted by molar-refractivity contribution is 7.89. The van der Waals surface area contributed by atoms with Crippen LogP contribution in [0.5, 0.6) is 0 Å². The Balaban J connectivity index is 2.26. The monoisotopic (exact) mass is 300 g/mol. The van der Waals surface area contributed by atoms with E-state index in [0.29, 0.717) is 0 Å². The molecule has 0 saturated heterocycles. The molecular weight excluding hydrogens is 279 g/mol. The third-order valence-electron chi connectivity index (χ3n) is 3.93. The molecule has 1 aliphatic carbocycles. The van der Waals surface area contributed by atoms with Crippen LogP contribution in [0.2, 0.25) is 0 Å². The Labute approximate surface area is 119 Å². The number of hydrogen-bond donors (Lipinski definition) is 2. The predicted molar refractivity (Wildman–Crippen MR) is 77.2 cm³/mol. The highest BCUT2D eigenvalue weighted by Gasteiger charge is 2.28. The van der Waals surface area contributed by atoms with Gasteiger partial charge in [0.15, 0.2) is 0 Å². The van der Waals surface area contributed by atoms with Crippen molar-refractivity contribution in [1.82, 2.24) is 4.72 Å². The zero-order valence-corrected chi connectivity index (χ0v) is 12.4. The van der Waals surface area contributed by atoms with Gasteiger partial charge in [0.05, 0.1) is 5.69 Å².